The first kappa shape index (κ1) is 25.8. The summed E-state index contributed by atoms with van der Waals surface area (Å²) in [6.45, 7) is 11.4. The molecule has 4 aliphatic carbocycles. The summed E-state index contributed by atoms with van der Waals surface area (Å²) in [5.74, 6) is 3.12. The molecule has 0 aliphatic heterocycles. The fourth-order valence-corrected chi connectivity index (χ4v) is 9.44. The number of fused-ring (bicyclic) bond motifs is 5. The van der Waals surface area contributed by atoms with Crippen molar-refractivity contribution < 1.29 is 23.4 Å². The highest BCUT2D eigenvalue weighted by Crippen LogP contribution is 2.69. The maximum absolute atomic E-state index is 13.6. The van der Waals surface area contributed by atoms with Crippen molar-refractivity contribution in [3.63, 3.8) is 0 Å². The summed E-state index contributed by atoms with van der Waals surface area (Å²) in [5, 5.41) is 21.4. The van der Waals surface area contributed by atoms with Crippen LogP contribution in [0.4, 0.5) is 13.2 Å². The van der Waals surface area contributed by atoms with Crippen LogP contribution in [0.5, 0.6) is 0 Å². The molecule has 0 unspecified atom stereocenters. The van der Waals surface area contributed by atoms with Gasteiger partial charge in [0.2, 0.25) is 0 Å². The lowest BCUT2D eigenvalue weighted by Crippen LogP contribution is -2.59. The van der Waals surface area contributed by atoms with Gasteiger partial charge in [-0.3, -0.25) is 0 Å². The average molecular weight is 473 g/mol. The average Bonchev–Trinajstić information content (AvgIpc) is 3.08. The fraction of sp³-hybridized carbons (Fsp3) is 1.00. The first-order chi connectivity index (χ1) is 15.2. The lowest BCUT2D eigenvalue weighted by atomic mass is 9.43. The van der Waals surface area contributed by atoms with Gasteiger partial charge in [-0.25, -0.2) is 0 Å². The van der Waals surface area contributed by atoms with E-state index in [1.54, 1.807) is 0 Å². The van der Waals surface area contributed by atoms with Crippen molar-refractivity contribution in [1.82, 2.24) is 0 Å². The van der Waals surface area contributed by atoms with Crippen molar-refractivity contribution in [1.29, 1.82) is 0 Å². The zero-order valence-corrected chi connectivity index (χ0v) is 21.4. The molecule has 192 valence electrons. The van der Waals surface area contributed by atoms with E-state index in [0.29, 0.717) is 41.9 Å². The molecule has 33 heavy (non-hydrogen) atoms. The molecule has 0 bridgehead atoms. The van der Waals surface area contributed by atoms with Crippen LogP contribution in [0, 0.1) is 52.3 Å². The topological polar surface area (TPSA) is 40.5 Å². The molecule has 0 heterocycles. The first-order valence-electron chi connectivity index (χ1n) is 13.7. The van der Waals surface area contributed by atoms with Crippen molar-refractivity contribution in [2.75, 3.05) is 0 Å². The second-order valence-corrected chi connectivity index (χ2v) is 13.5. The van der Waals surface area contributed by atoms with E-state index in [-0.39, 0.29) is 35.7 Å². The Morgan fingerprint density at radius 3 is 2.15 bits per heavy atom. The molecule has 0 aromatic rings. The summed E-state index contributed by atoms with van der Waals surface area (Å²) < 4.78 is 40.7. The summed E-state index contributed by atoms with van der Waals surface area (Å²) in [7, 11) is 0. The van der Waals surface area contributed by atoms with Gasteiger partial charge in [-0.15, -0.1) is 0 Å². The molecule has 0 spiro atoms. The van der Waals surface area contributed by atoms with Gasteiger partial charge in [-0.2, -0.15) is 13.2 Å². The molecular formula is C28H47F3O2. The highest BCUT2D eigenvalue weighted by atomic mass is 19.4. The van der Waals surface area contributed by atoms with Gasteiger partial charge in [0.15, 0.2) is 5.60 Å². The molecule has 10 atom stereocenters. The maximum atomic E-state index is 13.6. The van der Waals surface area contributed by atoms with Crippen LogP contribution in [0.1, 0.15) is 105 Å². The van der Waals surface area contributed by atoms with Gasteiger partial charge in [0, 0.05) is 0 Å². The molecule has 0 radical (unpaired) electrons. The number of rotatable bonds is 5. The third-order valence-electron chi connectivity index (χ3n) is 11.6. The van der Waals surface area contributed by atoms with Crippen molar-refractivity contribution in [2.24, 2.45) is 52.3 Å². The Morgan fingerprint density at radius 2 is 1.52 bits per heavy atom. The van der Waals surface area contributed by atoms with Gasteiger partial charge in [0.25, 0.3) is 0 Å². The Hall–Kier alpha value is -0.290. The molecule has 4 fully saturated rings. The van der Waals surface area contributed by atoms with Crippen LogP contribution in [0.25, 0.3) is 0 Å². The lowest BCUT2D eigenvalue weighted by Gasteiger charge is -2.62. The number of aliphatic hydroxyl groups excluding tert-OH is 1. The smallest absolute Gasteiger partial charge is 0.393 e. The molecule has 4 aliphatic rings. The van der Waals surface area contributed by atoms with E-state index in [2.05, 4.69) is 34.6 Å². The minimum absolute atomic E-state index is 0.0301. The summed E-state index contributed by atoms with van der Waals surface area (Å²) >= 11 is 0. The Morgan fingerprint density at radius 1 is 0.848 bits per heavy atom. The van der Waals surface area contributed by atoms with Gasteiger partial charge >= 0.3 is 6.18 Å². The standard InChI is InChI=1S/C28H47F3O2/c1-17(2)6-11-24(32)18(3)21-9-10-22-20-8-7-19-16-27(33,28(29,30)31)15-14-25(19,4)23(20)12-13-26(21,22)5/h17-24,32-33H,6-16H2,1-5H3/t18-,19-,20-,21+,22-,23-,24+,25-,26+,27-/m0/s1. The Labute approximate surface area is 199 Å². The van der Waals surface area contributed by atoms with Gasteiger partial charge in [-0.1, -0.05) is 34.6 Å². The molecule has 0 aromatic carbocycles. The van der Waals surface area contributed by atoms with Crippen LogP contribution < -0.4 is 0 Å². The predicted octanol–water partition coefficient (Wildman–Crippen LogP) is 7.37. The lowest BCUT2D eigenvalue weighted by molar-refractivity contribution is -0.290. The third-order valence-corrected chi connectivity index (χ3v) is 11.6. The number of halogens is 3. The number of hydrogen-bond acceptors (Lipinski definition) is 2. The van der Waals surface area contributed by atoms with Crippen molar-refractivity contribution in [2.45, 2.75) is 123 Å². The number of alkyl halides is 3. The largest absolute Gasteiger partial charge is 0.417 e. The third kappa shape index (κ3) is 4.19. The van der Waals surface area contributed by atoms with Crippen molar-refractivity contribution in [3.05, 3.63) is 0 Å². The molecular weight excluding hydrogens is 425 g/mol. The zero-order chi connectivity index (χ0) is 24.4. The SMILES string of the molecule is CC(C)CC[C@@H](O)[C@@H](C)[C@H]1CC[C@H]2[C@@H]3CC[C@H]4C[C@](O)(C(F)(F)F)CC[C@]4(C)[C@H]3CC[C@]12C. The zero-order valence-electron chi connectivity index (χ0n) is 21.4. The summed E-state index contributed by atoms with van der Waals surface area (Å²) in [6, 6.07) is 0. The maximum Gasteiger partial charge on any atom is 0.417 e. The van der Waals surface area contributed by atoms with E-state index < -0.39 is 11.8 Å². The van der Waals surface area contributed by atoms with E-state index in [1.807, 2.05) is 0 Å². The predicted molar refractivity (Wildman–Crippen MR) is 125 cm³/mol. The van der Waals surface area contributed by atoms with Crippen LogP contribution in [-0.4, -0.2) is 28.1 Å². The first-order valence-corrected chi connectivity index (χ1v) is 13.7. The highest BCUT2D eigenvalue weighted by molar-refractivity contribution is 5.12. The van der Waals surface area contributed by atoms with E-state index in [9.17, 15) is 23.4 Å². The Balaban J connectivity index is 1.49. The van der Waals surface area contributed by atoms with E-state index in [0.717, 1.165) is 38.5 Å². The monoisotopic (exact) mass is 472 g/mol. The van der Waals surface area contributed by atoms with Crippen LogP contribution in [0.2, 0.25) is 0 Å². The molecule has 0 aromatic heterocycles. The van der Waals surface area contributed by atoms with Gasteiger partial charge < -0.3 is 10.2 Å². The minimum Gasteiger partial charge on any atom is -0.393 e. The second kappa shape index (κ2) is 8.68. The van der Waals surface area contributed by atoms with Crippen LogP contribution in [0.15, 0.2) is 0 Å². The van der Waals surface area contributed by atoms with Crippen LogP contribution in [-0.2, 0) is 0 Å². The summed E-state index contributed by atoms with van der Waals surface area (Å²) in [4.78, 5) is 0. The molecule has 4 saturated carbocycles. The van der Waals surface area contributed by atoms with Gasteiger partial charge in [0.05, 0.1) is 6.10 Å². The summed E-state index contributed by atoms with van der Waals surface area (Å²) in [5.41, 5.74) is -2.33. The highest BCUT2D eigenvalue weighted by Gasteiger charge is 2.65. The fourth-order valence-electron chi connectivity index (χ4n) is 9.44. The minimum atomic E-state index is -4.53. The van der Waals surface area contributed by atoms with E-state index in [4.69, 9.17) is 0 Å². The van der Waals surface area contributed by atoms with Gasteiger partial charge in [0.1, 0.15) is 0 Å². The Bertz CT molecular complexity index is 708. The molecule has 4 rings (SSSR count). The quantitative estimate of drug-likeness (QED) is 0.438. The number of aliphatic hydroxyl groups is 2. The van der Waals surface area contributed by atoms with Crippen molar-refractivity contribution in [3.8, 4) is 0 Å². The molecule has 0 saturated heterocycles. The summed E-state index contributed by atoms with van der Waals surface area (Å²) in [6.07, 6.45) is 3.86. The normalized spacial score (nSPS) is 47.5. The Kier molecular flexibility index (Phi) is 6.78. The second-order valence-electron chi connectivity index (χ2n) is 13.5. The molecule has 2 N–H and O–H groups in total. The van der Waals surface area contributed by atoms with E-state index in [1.165, 1.54) is 12.8 Å². The van der Waals surface area contributed by atoms with Crippen LogP contribution >= 0.6 is 0 Å². The molecule has 2 nitrogen and oxygen atoms in total. The molecule has 0 amide bonds. The molecule has 5 heteroatoms. The number of hydrogen-bond donors (Lipinski definition) is 2. The van der Waals surface area contributed by atoms with Crippen molar-refractivity contribution >= 4 is 0 Å². The van der Waals surface area contributed by atoms with E-state index >= 15 is 0 Å². The van der Waals surface area contributed by atoms with Crippen LogP contribution in [0.3, 0.4) is 0 Å². The van der Waals surface area contributed by atoms with Gasteiger partial charge in [-0.05, 0) is 123 Å².